The number of hydrogen-bond donors (Lipinski definition) is 2. The standard InChI is InChI=1S/C19H32.Na.H2O4S.H/c1-2-3-4-5-6-7-8-9-10-11-13-16-19-17-14-12-15-18-19;;1-5(2,3)4;/h12,14-15,17-18H,2-11,13,16H2,1H3;;(H2,1,2,3,4);. The van der Waals surface area contributed by atoms with E-state index in [0.717, 1.165) is 0 Å². The van der Waals surface area contributed by atoms with Gasteiger partial charge in [0.1, 0.15) is 0 Å². The zero-order valence-electron chi connectivity index (χ0n) is 15.0. The molecular weight excluding hydrogens is 347 g/mol. The quantitative estimate of drug-likeness (QED) is 0.294. The van der Waals surface area contributed by atoms with Crippen molar-refractivity contribution in [3.8, 4) is 0 Å². The molecule has 1 aromatic carbocycles. The Bertz CT molecular complexity index is 469. The van der Waals surface area contributed by atoms with E-state index in [9.17, 15) is 0 Å². The normalized spacial score (nSPS) is 10.5. The molecule has 0 aliphatic rings. The molecule has 0 fully saturated rings. The third kappa shape index (κ3) is 26.4. The zero-order valence-corrected chi connectivity index (χ0v) is 15.8. The van der Waals surface area contributed by atoms with Crippen molar-refractivity contribution in [2.45, 2.75) is 84.0 Å². The van der Waals surface area contributed by atoms with E-state index in [4.69, 9.17) is 17.5 Å². The molecule has 0 heterocycles. The molecule has 6 heteroatoms. The summed E-state index contributed by atoms with van der Waals surface area (Å²) < 4.78 is 31.6. The van der Waals surface area contributed by atoms with Gasteiger partial charge in [0.2, 0.25) is 0 Å². The molecule has 0 bridgehead atoms. The summed E-state index contributed by atoms with van der Waals surface area (Å²) in [5.74, 6) is 0. The monoisotopic (exact) mass is 382 g/mol. The molecular formula is C19H35NaO4S. The van der Waals surface area contributed by atoms with Gasteiger partial charge in [-0.25, -0.2) is 0 Å². The van der Waals surface area contributed by atoms with Crippen molar-refractivity contribution in [2.75, 3.05) is 0 Å². The van der Waals surface area contributed by atoms with E-state index in [2.05, 4.69) is 37.3 Å². The van der Waals surface area contributed by atoms with Crippen LogP contribution in [0.5, 0.6) is 0 Å². The Morgan fingerprint density at radius 3 is 1.48 bits per heavy atom. The summed E-state index contributed by atoms with van der Waals surface area (Å²) in [5.41, 5.74) is 1.50. The van der Waals surface area contributed by atoms with Gasteiger partial charge in [-0.15, -0.1) is 0 Å². The van der Waals surface area contributed by atoms with Gasteiger partial charge in [0.15, 0.2) is 0 Å². The van der Waals surface area contributed by atoms with E-state index in [1.807, 2.05) is 0 Å². The van der Waals surface area contributed by atoms with Gasteiger partial charge in [-0.1, -0.05) is 101 Å². The van der Waals surface area contributed by atoms with Gasteiger partial charge in [-0.2, -0.15) is 8.42 Å². The van der Waals surface area contributed by atoms with E-state index in [1.54, 1.807) is 0 Å². The van der Waals surface area contributed by atoms with E-state index in [1.165, 1.54) is 82.6 Å². The van der Waals surface area contributed by atoms with Crippen LogP contribution < -0.4 is 0 Å². The van der Waals surface area contributed by atoms with Crippen LogP contribution >= 0.6 is 0 Å². The van der Waals surface area contributed by atoms with Crippen molar-refractivity contribution in [3.05, 3.63) is 35.9 Å². The number of benzene rings is 1. The summed E-state index contributed by atoms with van der Waals surface area (Å²) in [4.78, 5) is 0. The predicted molar refractivity (Wildman–Crippen MR) is 108 cm³/mol. The molecule has 2 N–H and O–H groups in total. The molecule has 0 atom stereocenters. The van der Waals surface area contributed by atoms with Crippen molar-refractivity contribution < 1.29 is 17.5 Å². The molecule has 0 aromatic heterocycles. The maximum atomic E-state index is 8.74. The Balaban J connectivity index is 0. The molecule has 0 aliphatic carbocycles. The fraction of sp³-hybridized carbons (Fsp3) is 0.684. The van der Waals surface area contributed by atoms with Crippen LogP contribution in [-0.2, 0) is 16.8 Å². The van der Waals surface area contributed by atoms with Gasteiger partial charge in [0, 0.05) is 0 Å². The van der Waals surface area contributed by atoms with Gasteiger partial charge in [0.05, 0.1) is 0 Å². The average Bonchev–Trinajstić information content (AvgIpc) is 2.52. The molecule has 0 radical (unpaired) electrons. The first-order valence-electron chi connectivity index (χ1n) is 9.17. The van der Waals surface area contributed by atoms with Crippen LogP contribution in [0.4, 0.5) is 0 Å². The fourth-order valence-electron chi connectivity index (χ4n) is 2.64. The molecule has 0 aliphatic heterocycles. The molecule has 25 heavy (non-hydrogen) atoms. The minimum atomic E-state index is -4.67. The molecule has 4 nitrogen and oxygen atoms in total. The van der Waals surface area contributed by atoms with Crippen LogP contribution in [0.25, 0.3) is 0 Å². The summed E-state index contributed by atoms with van der Waals surface area (Å²) in [6, 6.07) is 10.9. The number of unbranched alkanes of at least 4 members (excludes halogenated alkanes) is 10. The van der Waals surface area contributed by atoms with E-state index in [0.29, 0.717) is 0 Å². The van der Waals surface area contributed by atoms with Gasteiger partial charge < -0.3 is 0 Å². The molecule has 0 amide bonds. The minimum absolute atomic E-state index is 0. The van der Waals surface area contributed by atoms with Gasteiger partial charge in [-0.05, 0) is 18.4 Å². The van der Waals surface area contributed by atoms with E-state index >= 15 is 0 Å². The summed E-state index contributed by atoms with van der Waals surface area (Å²) in [5, 5.41) is 0. The summed E-state index contributed by atoms with van der Waals surface area (Å²) >= 11 is 0. The Morgan fingerprint density at radius 2 is 1.08 bits per heavy atom. The van der Waals surface area contributed by atoms with Crippen molar-refractivity contribution in [3.63, 3.8) is 0 Å². The Morgan fingerprint density at radius 1 is 0.720 bits per heavy atom. The summed E-state index contributed by atoms with van der Waals surface area (Å²) in [6.45, 7) is 2.29. The number of aryl methyl sites for hydroxylation is 1. The third-order valence-corrected chi connectivity index (χ3v) is 3.91. The molecule has 0 spiro atoms. The van der Waals surface area contributed by atoms with Crippen molar-refractivity contribution >= 4 is 40.0 Å². The zero-order chi connectivity index (χ0) is 18.1. The Kier molecular flexibility index (Phi) is 20.6. The van der Waals surface area contributed by atoms with Gasteiger partial charge in [-0.3, -0.25) is 9.11 Å². The summed E-state index contributed by atoms with van der Waals surface area (Å²) in [7, 11) is -4.67. The fourth-order valence-corrected chi connectivity index (χ4v) is 2.64. The number of hydrogen-bond acceptors (Lipinski definition) is 2. The second-order valence-corrected chi connectivity index (χ2v) is 7.11. The first-order chi connectivity index (χ1) is 11.4. The van der Waals surface area contributed by atoms with Crippen molar-refractivity contribution in [1.82, 2.24) is 0 Å². The van der Waals surface area contributed by atoms with Crippen LogP contribution in [0.2, 0.25) is 0 Å². The topological polar surface area (TPSA) is 74.6 Å². The molecule has 1 aromatic rings. The Labute approximate surface area is 176 Å². The molecule has 1 rings (SSSR count). The second kappa shape index (κ2) is 18.9. The van der Waals surface area contributed by atoms with Crippen LogP contribution in [-0.4, -0.2) is 47.1 Å². The van der Waals surface area contributed by atoms with E-state index in [-0.39, 0.29) is 29.6 Å². The Hall–Kier alpha value is 0.0900. The average molecular weight is 383 g/mol. The van der Waals surface area contributed by atoms with Gasteiger partial charge >= 0.3 is 40.0 Å². The molecule has 0 saturated carbocycles. The van der Waals surface area contributed by atoms with Crippen molar-refractivity contribution in [2.24, 2.45) is 0 Å². The van der Waals surface area contributed by atoms with Crippen LogP contribution in [0, 0.1) is 0 Å². The van der Waals surface area contributed by atoms with Crippen LogP contribution in [0.15, 0.2) is 30.3 Å². The van der Waals surface area contributed by atoms with Gasteiger partial charge in [0.25, 0.3) is 0 Å². The molecule has 142 valence electrons. The molecule has 0 unspecified atom stereocenters. The first-order valence-corrected chi connectivity index (χ1v) is 10.6. The van der Waals surface area contributed by atoms with E-state index < -0.39 is 10.4 Å². The predicted octanol–water partition coefficient (Wildman–Crippen LogP) is 5.24. The maximum absolute atomic E-state index is 8.74. The van der Waals surface area contributed by atoms with Crippen molar-refractivity contribution in [1.29, 1.82) is 0 Å². The number of rotatable bonds is 12. The summed E-state index contributed by atoms with van der Waals surface area (Å²) in [6.07, 6.45) is 17.0. The molecule has 0 saturated heterocycles. The second-order valence-electron chi connectivity index (χ2n) is 6.22. The SMILES string of the molecule is CCCCCCCCCCCCCc1ccccc1.O=S(=O)(O)O.[NaH]. The van der Waals surface area contributed by atoms with Crippen LogP contribution in [0.3, 0.4) is 0 Å². The third-order valence-electron chi connectivity index (χ3n) is 3.91. The van der Waals surface area contributed by atoms with Crippen LogP contribution in [0.1, 0.15) is 83.1 Å². The first kappa shape index (κ1) is 27.3.